The van der Waals surface area contributed by atoms with E-state index in [9.17, 15) is 0 Å². The molecule has 0 aromatic heterocycles. The SMILES string of the molecule is Cc1ccc(C2CCNC(CO)C2)cc1. The van der Waals surface area contributed by atoms with Crippen LogP contribution in [0.25, 0.3) is 0 Å². The first-order valence-corrected chi connectivity index (χ1v) is 5.70. The van der Waals surface area contributed by atoms with Crippen molar-refractivity contribution in [1.82, 2.24) is 5.32 Å². The van der Waals surface area contributed by atoms with E-state index in [1.54, 1.807) is 0 Å². The summed E-state index contributed by atoms with van der Waals surface area (Å²) in [6, 6.07) is 9.07. The average Bonchev–Trinajstić information content (AvgIpc) is 2.30. The maximum Gasteiger partial charge on any atom is 0.0584 e. The van der Waals surface area contributed by atoms with Crippen LogP contribution in [0.15, 0.2) is 24.3 Å². The van der Waals surface area contributed by atoms with Crippen molar-refractivity contribution in [3.05, 3.63) is 35.4 Å². The Balaban J connectivity index is 2.06. The Bertz CT molecular complexity index is 307. The van der Waals surface area contributed by atoms with Crippen LogP contribution in [0.1, 0.15) is 29.9 Å². The van der Waals surface area contributed by atoms with E-state index < -0.39 is 0 Å². The molecule has 0 amide bonds. The zero-order valence-corrected chi connectivity index (χ0v) is 9.24. The van der Waals surface area contributed by atoms with E-state index in [2.05, 4.69) is 36.5 Å². The topological polar surface area (TPSA) is 32.3 Å². The monoisotopic (exact) mass is 205 g/mol. The third kappa shape index (κ3) is 2.58. The Labute approximate surface area is 91.3 Å². The molecule has 0 saturated carbocycles. The fraction of sp³-hybridized carbons (Fsp3) is 0.538. The Morgan fingerprint density at radius 2 is 2.07 bits per heavy atom. The number of aliphatic hydroxyl groups excluding tert-OH is 1. The summed E-state index contributed by atoms with van der Waals surface area (Å²) in [4.78, 5) is 0. The van der Waals surface area contributed by atoms with Gasteiger partial charge in [0.05, 0.1) is 6.61 Å². The van der Waals surface area contributed by atoms with Crippen molar-refractivity contribution in [1.29, 1.82) is 0 Å². The first kappa shape index (κ1) is 10.7. The molecule has 2 nitrogen and oxygen atoms in total. The smallest absolute Gasteiger partial charge is 0.0584 e. The van der Waals surface area contributed by atoms with Crippen LogP contribution < -0.4 is 5.32 Å². The highest BCUT2D eigenvalue weighted by molar-refractivity contribution is 5.25. The molecule has 0 bridgehead atoms. The Morgan fingerprint density at radius 1 is 1.33 bits per heavy atom. The average molecular weight is 205 g/mol. The summed E-state index contributed by atoms with van der Waals surface area (Å²) in [6.45, 7) is 3.38. The molecule has 15 heavy (non-hydrogen) atoms. The fourth-order valence-electron chi connectivity index (χ4n) is 2.29. The van der Waals surface area contributed by atoms with Gasteiger partial charge in [-0.25, -0.2) is 0 Å². The number of benzene rings is 1. The van der Waals surface area contributed by atoms with Gasteiger partial charge in [0.25, 0.3) is 0 Å². The van der Waals surface area contributed by atoms with Gasteiger partial charge in [0.1, 0.15) is 0 Å². The zero-order valence-electron chi connectivity index (χ0n) is 9.24. The van der Waals surface area contributed by atoms with Crippen LogP contribution in [0.4, 0.5) is 0 Å². The molecule has 1 aliphatic rings. The molecule has 0 radical (unpaired) electrons. The second-order valence-corrected chi connectivity index (χ2v) is 4.47. The number of aliphatic hydroxyl groups is 1. The van der Waals surface area contributed by atoms with Gasteiger partial charge in [0.15, 0.2) is 0 Å². The predicted octanol–water partition coefficient (Wildman–Crippen LogP) is 1.82. The standard InChI is InChI=1S/C13H19NO/c1-10-2-4-11(5-3-10)12-6-7-14-13(8-12)9-15/h2-5,12-15H,6-9H2,1H3. The van der Waals surface area contributed by atoms with E-state index in [4.69, 9.17) is 5.11 Å². The summed E-state index contributed by atoms with van der Waals surface area (Å²) in [6.07, 6.45) is 2.24. The van der Waals surface area contributed by atoms with Gasteiger partial charge in [-0.2, -0.15) is 0 Å². The van der Waals surface area contributed by atoms with Crippen LogP contribution in [0.5, 0.6) is 0 Å². The second-order valence-electron chi connectivity index (χ2n) is 4.47. The Kier molecular flexibility index (Phi) is 3.39. The molecule has 1 aromatic carbocycles. The number of rotatable bonds is 2. The highest BCUT2D eigenvalue weighted by atomic mass is 16.3. The Morgan fingerprint density at radius 3 is 2.73 bits per heavy atom. The first-order chi connectivity index (χ1) is 7.29. The minimum absolute atomic E-state index is 0.252. The van der Waals surface area contributed by atoms with E-state index in [1.165, 1.54) is 17.5 Å². The van der Waals surface area contributed by atoms with Gasteiger partial charge in [-0.1, -0.05) is 29.8 Å². The van der Waals surface area contributed by atoms with Gasteiger partial charge in [-0.3, -0.25) is 0 Å². The molecule has 1 aliphatic heterocycles. The lowest BCUT2D eigenvalue weighted by Gasteiger charge is -2.29. The van der Waals surface area contributed by atoms with E-state index in [0.717, 1.165) is 13.0 Å². The van der Waals surface area contributed by atoms with Gasteiger partial charge in [0, 0.05) is 6.04 Å². The van der Waals surface area contributed by atoms with Crippen LogP contribution in [0.2, 0.25) is 0 Å². The maximum absolute atomic E-state index is 9.14. The van der Waals surface area contributed by atoms with Crippen molar-refractivity contribution < 1.29 is 5.11 Å². The summed E-state index contributed by atoms with van der Waals surface area (Å²) in [5.41, 5.74) is 2.73. The third-order valence-corrected chi connectivity index (χ3v) is 3.26. The Hall–Kier alpha value is -0.860. The van der Waals surface area contributed by atoms with Crippen molar-refractivity contribution in [2.24, 2.45) is 0 Å². The van der Waals surface area contributed by atoms with E-state index in [-0.39, 0.29) is 12.6 Å². The van der Waals surface area contributed by atoms with E-state index in [1.807, 2.05) is 0 Å². The second kappa shape index (κ2) is 4.77. The zero-order chi connectivity index (χ0) is 10.7. The summed E-state index contributed by atoms with van der Waals surface area (Å²) >= 11 is 0. The molecule has 1 saturated heterocycles. The summed E-state index contributed by atoms with van der Waals surface area (Å²) < 4.78 is 0. The molecule has 2 heteroatoms. The lowest BCUT2D eigenvalue weighted by molar-refractivity contribution is 0.210. The normalized spacial score (nSPS) is 26.5. The predicted molar refractivity (Wildman–Crippen MR) is 62.0 cm³/mol. The van der Waals surface area contributed by atoms with Crippen LogP contribution in [0.3, 0.4) is 0 Å². The third-order valence-electron chi connectivity index (χ3n) is 3.26. The van der Waals surface area contributed by atoms with Crippen molar-refractivity contribution >= 4 is 0 Å². The molecule has 2 atom stereocenters. The van der Waals surface area contributed by atoms with Crippen molar-refractivity contribution in [3.63, 3.8) is 0 Å². The molecule has 1 fully saturated rings. The summed E-state index contributed by atoms with van der Waals surface area (Å²) in [5, 5.41) is 12.5. The summed E-state index contributed by atoms with van der Waals surface area (Å²) in [7, 11) is 0. The van der Waals surface area contributed by atoms with Crippen LogP contribution in [-0.2, 0) is 0 Å². The van der Waals surface area contributed by atoms with Crippen molar-refractivity contribution in [2.45, 2.75) is 31.7 Å². The molecule has 2 N–H and O–H groups in total. The largest absolute Gasteiger partial charge is 0.395 e. The van der Waals surface area contributed by atoms with Gasteiger partial charge in [-0.05, 0) is 37.8 Å². The molecule has 2 unspecified atom stereocenters. The lowest BCUT2D eigenvalue weighted by Crippen LogP contribution is -2.39. The molecule has 82 valence electrons. The number of hydrogen-bond acceptors (Lipinski definition) is 2. The highest BCUT2D eigenvalue weighted by Gasteiger charge is 2.21. The highest BCUT2D eigenvalue weighted by Crippen LogP contribution is 2.27. The minimum atomic E-state index is 0.252. The number of piperidine rings is 1. The van der Waals surface area contributed by atoms with Crippen molar-refractivity contribution in [3.8, 4) is 0 Å². The van der Waals surface area contributed by atoms with E-state index >= 15 is 0 Å². The van der Waals surface area contributed by atoms with Gasteiger partial charge >= 0.3 is 0 Å². The molecule has 2 rings (SSSR count). The maximum atomic E-state index is 9.14. The molecular formula is C13H19NO. The molecule has 1 aromatic rings. The lowest BCUT2D eigenvalue weighted by atomic mass is 9.86. The molecule has 1 heterocycles. The molecule has 0 spiro atoms. The van der Waals surface area contributed by atoms with Crippen LogP contribution >= 0.6 is 0 Å². The van der Waals surface area contributed by atoms with E-state index in [0.29, 0.717) is 5.92 Å². The fourth-order valence-corrected chi connectivity index (χ4v) is 2.29. The quantitative estimate of drug-likeness (QED) is 0.772. The molecular weight excluding hydrogens is 186 g/mol. The van der Waals surface area contributed by atoms with Gasteiger partial charge < -0.3 is 10.4 Å². The van der Waals surface area contributed by atoms with Crippen LogP contribution in [-0.4, -0.2) is 24.3 Å². The molecule has 0 aliphatic carbocycles. The number of nitrogens with one attached hydrogen (secondary N) is 1. The van der Waals surface area contributed by atoms with Gasteiger partial charge in [0.2, 0.25) is 0 Å². The van der Waals surface area contributed by atoms with Gasteiger partial charge in [-0.15, -0.1) is 0 Å². The van der Waals surface area contributed by atoms with Crippen LogP contribution in [0, 0.1) is 6.92 Å². The number of hydrogen-bond donors (Lipinski definition) is 2. The minimum Gasteiger partial charge on any atom is -0.395 e. The number of aryl methyl sites for hydroxylation is 1. The summed E-state index contributed by atoms with van der Waals surface area (Å²) in [5.74, 6) is 0.615. The van der Waals surface area contributed by atoms with Crippen molar-refractivity contribution in [2.75, 3.05) is 13.2 Å². The first-order valence-electron chi connectivity index (χ1n) is 5.70.